The highest BCUT2D eigenvalue weighted by molar-refractivity contribution is 6.33. The van der Waals surface area contributed by atoms with Gasteiger partial charge in [-0.3, -0.25) is 0 Å². The first-order valence-corrected chi connectivity index (χ1v) is 6.78. The molecule has 3 nitrogen and oxygen atoms in total. The summed E-state index contributed by atoms with van der Waals surface area (Å²) in [7, 11) is 0. The van der Waals surface area contributed by atoms with Crippen molar-refractivity contribution in [2.45, 2.75) is 13.0 Å². The second-order valence-corrected chi connectivity index (χ2v) is 5.26. The van der Waals surface area contributed by atoms with Gasteiger partial charge in [-0.1, -0.05) is 35.3 Å². The van der Waals surface area contributed by atoms with Crippen molar-refractivity contribution >= 4 is 34.9 Å². The van der Waals surface area contributed by atoms with Gasteiger partial charge >= 0.3 is 5.97 Å². The van der Waals surface area contributed by atoms with E-state index in [9.17, 15) is 4.79 Å². The zero-order valence-corrected chi connectivity index (χ0v) is 12.2. The number of aromatic carboxylic acids is 1. The van der Waals surface area contributed by atoms with Crippen molar-refractivity contribution in [3.05, 3.63) is 63.6 Å². The van der Waals surface area contributed by atoms with Gasteiger partial charge in [-0.05, 0) is 42.8 Å². The molecule has 2 aromatic carbocycles. The van der Waals surface area contributed by atoms with Crippen molar-refractivity contribution in [1.82, 2.24) is 0 Å². The van der Waals surface area contributed by atoms with Crippen molar-refractivity contribution in [2.75, 3.05) is 5.32 Å². The number of carboxylic acid groups (broad SMARTS) is 1. The van der Waals surface area contributed by atoms with Crippen molar-refractivity contribution in [3.8, 4) is 0 Å². The molecule has 2 rings (SSSR count). The number of halogens is 2. The summed E-state index contributed by atoms with van der Waals surface area (Å²) in [4.78, 5) is 11.0. The molecule has 0 aliphatic heterocycles. The van der Waals surface area contributed by atoms with Crippen LogP contribution in [0.3, 0.4) is 0 Å². The van der Waals surface area contributed by atoms with Crippen molar-refractivity contribution in [1.29, 1.82) is 0 Å². The second kappa shape index (κ2) is 6.16. The van der Waals surface area contributed by atoms with Crippen LogP contribution in [0.2, 0.25) is 10.0 Å². The van der Waals surface area contributed by atoms with E-state index >= 15 is 0 Å². The maximum absolute atomic E-state index is 11.0. The lowest BCUT2D eigenvalue weighted by Gasteiger charge is -2.16. The molecule has 0 radical (unpaired) electrons. The van der Waals surface area contributed by atoms with E-state index in [1.807, 2.05) is 31.2 Å². The Hall–Kier alpha value is -1.71. The highest BCUT2D eigenvalue weighted by Crippen LogP contribution is 2.25. The zero-order valence-electron chi connectivity index (χ0n) is 10.7. The average Bonchev–Trinajstić information content (AvgIpc) is 2.41. The molecule has 0 saturated heterocycles. The lowest BCUT2D eigenvalue weighted by Crippen LogP contribution is -2.07. The molecule has 0 aliphatic rings. The third-order valence-electron chi connectivity index (χ3n) is 2.95. The van der Waals surface area contributed by atoms with Crippen LogP contribution < -0.4 is 5.32 Å². The Kier molecular flexibility index (Phi) is 4.53. The van der Waals surface area contributed by atoms with Gasteiger partial charge in [0.1, 0.15) is 0 Å². The van der Waals surface area contributed by atoms with Crippen LogP contribution in [-0.4, -0.2) is 11.1 Å². The van der Waals surface area contributed by atoms with E-state index in [0.29, 0.717) is 10.7 Å². The standard InChI is InChI=1S/C15H13Cl2NO2/c1-9(10-2-4-11(16)5-3-10)18-12-6-7-14(17)13(8-12)15(19)20/h2-9,18H,1H3,(H,19,20). The van der Waals surface area contributed by atoms with Gasteiger partial charge in [-0.15, -0.1) is 0 Å². The third kappa shape index (κ3) is 3.44. The normalized spacial score (nSPS) is 11.9. The molecule has 0 fully saturated rings. The summed E-state index contributed by atoms with van der Waals surface area (Å²) in [6.07, 6.45) is 0. The maximum Gasteiger partial charge on any atom is 0.337 e. The van der Waals surface area contributed by atoms with Crippen LogP contribution in [-0.2, 0) is 0 Å². The van der Waals surface area contributed by atoms with Gasteiger partial charge in [0.15, 0.2) is 0 Å². The number of hydrogen-bond acceptors (Lipinski definition) is 2. The summed E-state index contributed by atoms with van der Waals surface area (Å²) in [5, 5.41) is 13.2. The Morgan fingerprint density at radius 1 is 1.15 bits per heavy atom. The summed E-state index contributed by atoms with van der Waals surface area (Å²) in [5.74, 6) is -1.04. The maximum atomic E-state index is 11.0. The van der Waals surface area contributed by atoms with Crippen molar-refractivity contribution < 1.29 is 9.90 Å². The van der Waals surface area contributed by atoms with Crippen LogP contribution >= 0.6 is 23.2 Å². The quantitative estimate of drug-likeness (QED) is 0.847. The highest BCUT2D eigenvalue weighted by atomic mass is 35.5. The third-order valence-corrected chi connectivity index (χ3v) is 3.53. The summed E-state index contributed by atoms with van der Waals surface area (Å²) in [6.45, 7) is 1.98. The summed E-state index contributed by atoms with van der Waals surface area (Å²) < 4.78 is 0. The van der Waals surface area contributed by atoms with Crippen molar-refractivity contribution in [3.63, 3.8) is 0 Å². The number of anilines is 1. The van der Waals surface area contributed by atoms with Gasteiger partial charge in [-0.2, -0.15) is 0 Å². The van der Waals surface area contributed by atoms with Gasteiger partial charge in [0.2, 0.25) is 0 Å². The first-order chi connectivity index (χ1) is 9.47. The van der Waals surface area contributed by atoms with E-state index in [-0.39, 0.29) is 16.6 Å². The molecule has 1 atom stereocenters. The lowest BCUT2D eigenvalue weighted by molar-refractivity contribution is 0.0697. The Balaban J connectivity index is 2.19. The van der Waals surface area contributed by atoms with Crippen LogP contribution in [0, 0.1) is 0 Å². The average molecular weight is 310 g/mol. The number of benzene rings is 2. The number of hydrogen-bond donors (Lipinski definition) is 2. The van der Waals surface area contributed by atoms with Crippen LogP contribution in [0.25, 0.3) is 0 Å². The van der Waals surface area contributed by atoms with E-state index < -0.39 is 5.97 Å². The second-order valence-electron chi connectivity index (χ2n) is 4.42. The van der Waals surface area contributed by atoms with Crippen LogP contribution in [0.4, 0.5) is 5.69 Å². The van der Waals surface area contributed by atoms with Gasteiger partial charge in [0.05, 0.1) is 10.6 Å². The molecule has 0 bridgehead atoms. The largest absolute Gasteiger partial charge is 0.478 e. The molecule has 5 heteroatoms. The molecule has 2 N–H and O–H groups in total. The smallest absolute Gasteiger partial charge is 0.337 e. The van der Waals surface area contributed by atoms with Crippen LogP contribution in [0.15, 0.2) is 42.5 Å². The first kappa shape index (κ1) is 14.7. The van der Waals surface area contributed by atoms with E-state index in [1.165, 1.54) is 6.07 Å². The number of nitrogens with one attached hydrogen (secondary N) is 1. The molecule has 2 aromatic rings. The Morgan fingerprint density at radius 2 is 1.80 bits per heavy atom. The summed E-state index contributed by atoms with van der Waals surface area (Å²) in [5.41, 5.74) is 1.84. The van der Waals surface area contributed by atoms with E-state index in [0.717, 1.165) is 5.56 Å². The molecular weight excluding hydrogens is 297 g/mol. The fourth-order valence-corrected chi connectivity index (χ4v) is 2.19. The molecule has 0 spiro atoms. The fourth-order valence-electron chi connectivity index (χ4n) is 1.86. The van der Waals surface area contributed by atoms with Crippen LogP contribution in [0.1, 0.15) is 28.9 Å². The minimum absolute atomic E-state index is 0.0232. The Morgan fingerprint density at radius 3 is 2.40 bits per heavy atom. The van der Waals surface area contributed by atoms with Gasteiger partial charge in [0, 0.05) is 16.8 Å². The number of carboxylic acids is 1. The van der Waals surface area contributed by atoms with Gasteiger partial charge in [0.25, 0.3) is 0 Å². The number of carbonyl (C=O) groups is 1. The van der Waals surface area contributed by atoms with Gasteiger partial charge in [-0.25, -0.2) is 4.79 Å². The Labute approximate surface area is 127 Å². The predicted octanol–water partition coefficient (Wildman–Crippen LogP) is 4.86. The molecule has 0 amide bonds. The van der Waals surface area contributed by atoms with Crippen molar-refractivity contribution in [2.24, 2.45) is 0 Å². The topological polar surface area (TPSA) is 49.3 Å². The molecule has 0 aliphatic carbocycles. The lowest BCUT2D eigenvalue weighted by atomic mass is 10.1. The first-order valence-electron chi connectivity index (χ1n) is 6.02. The minimum atomic E-state index is -1.04. The Bertz CT molecular complexity index is 626. The molecular formula is C15H13Cl2NO2. The highest BCUT2D eigenvalue weighted by Gasteiger charge is 2.11. The SMILES string of the molecule is CC(Nc1ccc(Cl)c(C(=O)O)c1)c1ccc(Cl)cc1. The monoisotopic (exact) mass is 309 g/mol. The van der Waals surface area contributed by atoms with E-state index in [2.05, 4.69) is 5.32 Å². The van der Waals surface area contributed by atoms with Gasteiger partial charge < -0.3 is 10.4 Å². The summed E-state index contributed by atoms with van der Waals surface area (Å²) >= 11 is 11.7. The molecule has 0 aromatic heterocycles. The summed E-state index contributed by atoms with van der Waals surface area (Å²) in [6, 6.07) is 12.4. The number of rotatable bonds is 4. The molecule has 104 valence electrons. The van der Waals surface area contributed by atoms with E-state index in [4.69, 9.17) is 28.3 Å². The predicted molar refractivity (Wildman–Crippen MR) is 81.9 cm³/mol. The zero-order chi connectivity index (χ0) is 14.7. The molecule has 0 heterocycles. The fraction of sp³-hybridized carbons (Fsp3) is 0.133. The molecule has 1 unspecified atom stereocenters. The molecule has 20 heavy (non-hydrogen) atoms. The minimum Gasteiger partial charge on any atom is -0.478 e. The van der Waals surface area contributed by atoms with E-state index in [1.54, 1.807) is 12.1 Å². The molecule has 0 saturated carbocycles. The van der Waals surface area contributed by atoms with Crippen LogP contribution in [0.5, 0.6) is 0 Å².